The van der Waals surface area contributed by atoms with Gasteiger partial charge in [0.25, 0.3) is 0 Å². The minimum Gasteiger partial charge on any atom is -0.476 e. The summed E-state index contributed by atoms with van der Waals surface area (Å²) in [5.74, 6) is 0.286. The summed E-state index contributed by atoms with van der Waals surface area (Å²) < 4.78 is 5.41. The maximum Gasteiger partial charge on any atom is 0.232 e. The maximum atomic E-state index is 12.6. The second kappa shape index (κ2) is 8.86. The number of carbonyl (C=O) groups excluding carboxylic acids is 2. The van der Waals surface area contributed by atoms with Gasteiger partial charge in [0.1, 0.15) is 5.69 Å². The molecule has 8 nitrogen and oxygen atoms in total. The van der Waals surface area contributed by atoms with Crippen LogP contribution in [0.3, 0.4) is 0 Å². The average molecular weight is 407 g/mol. The highest BCUT2D eigenvalue weighted by molar-refractivity contribution is 5.99. The molecule has 1 aromatic heterocycles. The van der Waals surface area contributed by atoms with Crippen molar-refractivity contribution in [2.24, 2.45) is 10.7 Å². The number of nitrogens with two attached hydrogens (primary N) is 1. The second-order valence-corrected chi connectivity index (χ2v) is 7.34. The normalized spacial score (nSPS) is 18.7. The van der Waals surface area contributed by atoms with E-state index in [1.807, 2.05) is 31.2 Å². The lowest BCUT2D eigenvalue weighted by Gasteiger charge is -2.33. The highest BCUT2D eigenvalue weighted by Gasteiger charge is 2.36. The van der Waals surface area contributed by atoms with Gasteiger partial charge in [0.15, 0.2) is 11.7 Å². The molecule has 1 aromatic carbocycles. The number of nitrogens with zero attached hydrogens (tertiary/aromatic N) is 4. The van der Waals surface area contributed by atoms with Gasteiger partial charge in [0, 0.05) is 13.5 Å². The van der Waals surface area contributed by atoms with Crippen LogP contribution in [0.25, 0.3) is 0 Å². The fourth-order valence-corrected chi connectivity index (χ4v) is 3.15. The summed E-state index contributed by atoms with van der Waals surface area (Å²) in [4.78, 5) is 39.0. The van der Waals surface area contributed by atoms with E-state index in [1.165, 1.54) is 17.3 Å². The van der Waals surface area contributed by atoms with Crippen LogP contribution in [0.5, 0.6) is 5.88 Å². The highest BCUT2D eigenvalue weighted by atomic mass is 16.5. The van der Waals surface area contributed by atoms with E-state index in [9.17, 15) is 9.59 Å². The zero-order valence-corrected chi connectivity index (χ0v) is 17.2. The molecule has 1 atom stereocenters. The van der Waals surface area contributed by atoms with Crippen molar-refractivity contribution in [2.75, 3.05) is 13.7 Å². The molecular weight excluding hydrogens is 382 g/mol. The number of amides is 1. The van der Waals surface area contributed by atoms with Gasteiger partial charge < -0.3 is 10.5 Å². The number of carbonyl (C=O) groups is 2. The topological polar surface area (TPSA) is 111 Å². The molecule has 156 valence electrons. The molecule has 8 heteroatoms. The van der Waals surface area contributed by atoms with Crippen molar-refractivity contribution in [3.63, 3.8) is 0 Å². The lowest BCUT2D eigenvalue weighted by molar-refractivity contribution is -0.128. The van der Waals surface area contributed by atoms with E-state index in [0.717, 1.165) is 11.1 Å². The predicted octanol–water partition coefficient (Wildman–Crippen LogP) is 2.25. The molecule has 2 heterocycles. The van der Waals surface area contributed by atoms with Crippen molar-refractivity contribution in [1.29, 1.82) is 0 Å². The summed E-state index contributed by atoms with van der Waals surface area (Å²) in [7, 11) is 1.60. The molecule has 0 fully saturated rings. The molecule has 2 N–H and O–H groups in total. The minimum atomic E-state index is -0.767. The van der Waals surface area contributed by atoms with Gasteiger partial charge in [-0.05, 0) is 24.5 Å². The summed E-state index contributed by atoms with van der Waals surface area (Å²) in [6.07, 6.45) is 5.67. The Hall–Kier alpha value is -3.55. The second-order valence-electron chi connectivity index (χ2n) is 7.34. The molecule has 2 aromatic rings. The van der Waals surface area contributed by atoms with E-state index in [-0.39, 0.29) is 36.2 Å². The van der Waals surface area contributed by atoms with Crippen molar-refractivity contribution < 1.29 is 14.3 Å². The Morgan fingerprint density at radius 1 is 1.37 bits per heavy atom. The molecule has 1 aliphatic heterocycles. The smallest absolute Gasteiger partial charge is 0.232 e. The number of aromatic nitrogens is 2. The number of guanidine groups is 1. The monoisotopic (exact) mass is 407 g/mol. The van der Waals surface area contributed by atoms with Crippen molar-refractivity contribution in [2.45, 2.75) is 31.7 Å². The number of ether oxygens (including phenoxy) is 1. The third kappa shape index (κ3) is 4.71. The van der Waals surface area contributed by atoms with Gasteiger partial charge in [-0.3, -0.25) is 14.5 Å². The van der Waals surface area contributed by atoms with E-state index in [1.54, 1.807) is 13.1 Å². The van der Waals surface area contributed by atoms with E-state index in [0.29, 0.717) is 18.9 Å². The summed E-state index contributed by atoms with van der Waals surface area (Å²) in [6, 6.07) is 7.47. The number of hydrogen-bond acceptors (Lipinski definition) is 7. The van der Waals surface area contributed by atoms with Crippen LogP contribution in [0.15, 0.2) is 54.3 Å². The molecule has 3 rings (SSSR count). The van der Waals surface area contributed by atoms with Crippen LogP contribution >= 0.6 is 0 Å². The van der Waals surface area contributed by atoms with Crippen molar-refractivity contribution in [3.05, 3.63) is 66.1 Å². The van der Waals surface area contributed by atoms with Gasteiger partial charge in [-0.15, -0.1) is 6.58 Å². The van der Waals surface area contributed by atoms with Crippen LogP contribution in [0.2, 0.25) is 0 Å². The van der Waals surface area contributed by atoms with Crippen LogP contribution in [0.1, 0.15) is 41.4 Å². The largest absolute Gasteiger partial charge is 0.476 e. The number of rotatable bonds is 8. The SMILES string of the molecule is C=CCCOc1cnc(C(=O)Cc2cccc(C3(C)CC(=O)N(C)C(N)=N3)c2)cn1. The summed E-state index contributed by atoms with van der Waals surface area (Å²) in [5.41, 5.74) is 7.02. The van der Waals surface area contributed by atoms with Crippen LogP contribution in [-0.4, -0.2) is 46.2 Å². The molecule has 1 unspecified atom stereocenters. The zero-order valence-electron chi connectivity index (χ0n) is 17.2. The van der Waals surface area contributed by atoms with Crippen LogP contribution in [-0.2, 0) is 16.8 Å². The molecule has 1 aliphatic rings. The maximum absolute atomic E-state index is 12.6. The first-order chi connectivity index (χ1) is 14.3. The Morgan fingerprint density at radius 3 is 2.83 bits per heavy atom. The molecule has 0 bridgehead atoms. The van der Waals surface area contributed by atoms with Gasteiger partial charge >= 0.3 is 0 Å². The number of benzene rings is 1. The first-order valence-corrected chi connectivity index (χ1v) is 9.62. The van der Waals surface area contributed by atoms with Gasteiger partial charge in [-0.1, -0.05) is 30.3 Å². The van der Waals surface area contributed by atoms with Crippen LogP contribution in [0.4, 0.5) is 0 Å². The van der Waals surface area contributed by atoms with Crippen LogP contribution < -0.4 is 10.5 Å². The van der Waals surface area contributed by atoms with Crippen molar-refractivity contribution in [3.8, 4) is 5.88 Å². The Kier molecular flexibility index (Phi) is 6.25. The lowest BCUT2D eigenvalue weighted by atomic mass is 9.86. The molecule has 0 saturated carbocycles. The summed E-state index contributed by atoms with van der Waals surface area (Å²) >= 11 is 0. The summed E-state index contributed by atoms with van der Waals surface area (Å²) in [5, 5.41) is 0. The number of aliphatic imine (C=N–C) groups is 1. The van der Waals surface area contributed by atoms with E-state index >= 15 is 0 Å². The molecule has 0 spiro atoms. The van der Waals surface area contributed by atoms with Gasteiger partial charge in [-0.25, -0.2) is 15.0 Å². The lowest BCUT2D eigenvalue weighted by Crippen LogP contribution is -2.47. The Balaban J connectivity index is 1.73. The van der Waals surface area contributed by atoms with Crippen LogP contribution in [0, 0.1) is 0 Å². The quantitative estimate of drug-likeness (QED) is 0.408. The number of ketones is 1. The minimum absolute atomic E-state index is 0.0999. The zero-order chi connectivity index (χ0) is 21.7. The fourth-order valence-electron chi connectivity index (χ4n) is 3.15. The fraction of sp³-hybridized carbons (Fsp3) is 0.318. The number of Topliss-reactive ketones (excluding diaryl/α,β-unsaturated/α-hetero) is 1. The molecule has 30 heavy (non-hydrogen) atoms. The van der Waals surface area contributed by atoms with E-state index in [4.69, 9.17) is 10.5 Å². The molecule has 0 radical (unpaired) electrons. The Labute approximate surface area is 175 Å². The summed E-state index contributed by atoms with van der Waals surface area (Å²) in [6.45, 7) is 5.95. The molecule has 1 amide bonds. The Morgan fingerprint density at radius 2 is 2.17 bits per heavy atom. The molecule has 0 aliphatic carbocycles. The average Bonchev–Trinajstić information content (AvgIpc) is 2.73. The molecule has 0 saturated heterocycles. The van der Waals surface area contributed by atoms with Gasteiger partial charge in [-0.2, -0.15) is 0 Å². The highest BCUT2D eigenvalue weighted by Crippen LogP contribution is 2.33. The van der Waals surface area contributed by atoms with Crippen molar-refractivity contribution >= 4 is 17.6 Å². The third-order valence-electron chi connectivity index (χ3n) is 4.97. The number of hydrogen-bond donors (Lipinski definition) is 1. The third-order valence-corrected chi connectivity index (χ3v) is 4.97. The first-order valence-electron chi connectivity index (χ1n) is 9.62. The molecular formula is C22H25N5O3. The van der Waals surface area contributed by atoms with E-state index < -0.39 is 5.54 Å². The standard InChI is InChI=1S/C22H25N5O3/c1-4-5-9-30-19-14-24-17(13-25-19)18(28)11-15-7-6-8-16(10-15)22(2)12-20(29)27(3)21(23)26-22/h4,6-8,10,13-14H,1,5,9,11-12H2,2-3H3,(H2,23,26). The first kappa shape index (κ1) is 21.2. The predicted molar refractivity (Wildman–Crippen MR) is 113 cm³/mol. The van der Waals surface area contributed by atoms with Crippen molar-refractivity contribution in [1.82, 2.24) is 14.9 Å². The Bertz CT molecular complexity index is 987. The van der Waals surface area contributed by atoms with Gasteiger partial charge in [0.2, 0.25) is 11.8 Å². The van der Waals surface area contributed by atoms with Gasteiger partial charge in [0.05, 0.1) is 31.0 Å². The van der Waals surface area contributed by atoms with E-state index in [2.05, 4.69) is 21.5 Å².